The summed E-state index contributed by atoms with van der Waals surface area (Å²) in [6, 6.07) is 0. The van der Waals surface area contributed by atoms with Gasteiger partial charge in [0.05, 0.1) is 48.3 Å². The summed E-state index contributed by atoms with van der Waals surface area (Å²) in [5, 5.41) is 74.7. The van der Waals surface area contributed by atoms with Crippen LogP contribution in [-0.2, 0) is 33.3 Å². The van der Waals surface area contributed by atoms with Crippen molar-refractivity contribution in [3.63, 3.8) is 0 Å². The second kappa shape index (κ2) is 20.0. The highest BCUT2D eigenvalue weighted by Crippen LogP contribution is 2.51. The summed E-state index contributed by atoms with van der Waals surface area (Å²) in [6.07, 6.45) is 5.99. The third-order valence-corrected chi connectivity index (χ3v) is 11.5. The third kappa shape index (κ3) is 10.5. The Hall–Kier alpha value is -3.69. The number of esters is 1. The summed E-state index contributed by atoms with van der Waals surface area (Å²) in [7, 11) is 0. The number of ether oxygens (including phenoxy) is 5. The minimum absolute atomic E-state index is 0.00402. The average molecular weight is 822 g/mol. The zero-order chi connectivity index (χ0) is 42.2. The SMILES string of the molecule is C=CC1C(OC2OC(CO)C(O)C(O)(O)C2OC(C)C)OC=C(C(=O)OC2CCC3(CCCC3)C2)C1C=CC1=C[NH+](CCO)CC(C(=O)O)=C1NC(N)=NCCCO. The minimum Gasteiger partial charge on any atom is -0.478 e. The lowest BCUT2D eigenvalue weighted by molar-refractivity contribution is -0.843. The molecule has 0 bridgehead atoms. The molecule has 0 aromatic carbocycles. The van der Waals surface area contributed by atoms with Crippen molar-refractivity contribution in [3.05, 3.63) is 59.7 Å². The highest BCUT2D eigenvalue weighted by molar-refractivity contribution is 5.92. The normalized spacial score (nSPS) is 32.3. The van der Waals surface area contributed by atoms with Crippen molar-refractivity contribution in [3.8, 4) is 0 Å². The van der Waals surface area contributed by atoms with Crippen LogP contribution in [0.4, 0.5) is 0 Å². The number of quaternary nitrogens is 1. The summed E-state index contributed by atoms with van der Waals surface area (Å²) in [5.74, 6) is -6.67. The van der Waals surface area contributed by atoms with Gasteiger partial charge >= 0.3 is 11.9 Å². The number of hydrogen-bond acceptors (Lipinski definition) is 14. The first-order valence-electron chi connectivity index (χ1n) is 20.1. The maximum absolute atomic E-state index is 14.1. The number of carboxylic acid groups (broad SMARTS) is 1. The number of guanidine groups is 1. The van der Waals surface area contributed by atoms with E-state index < -0.39 is 73.2 Å². The molecule has 5 aliphatic rings. The molecule has 0 amide bonds. The van der Waals surface area contributed by atoms with Gasteiger partial charge in [-0.25, -0.2) is 9.59 Å². The molecule has 3 aliphatic heterocycles. The predicted molar refractivity (Wildman–Crippen MR) is 206 cm³/mol. The Balaban J connectivity index is 1.52. The van der Waals surface area contributed by atoms with Gasteiger partial charge in [-0.15, -0.1) is 6.58 Å². The quantitative estimate of drug-likeness (QED) is 0.0207. The zero-order valence-electron chi connectivity index (χ0n) is 33.2. The number of rotatable bonds is 17. The second-order valence-electron chi connectivity index (χ2n) is 16.0. The fourth-order valence-electron chi connectivity index (χ4n) is 8.58. The number of hydrogen-bond donors (Lipinski definition) is 10. The lowest BCUT2D eigenvalue weighted by atomic mass is 9.83. The monoisotopic (exact) mass is 821 g/mol. The molecule has 1 spiro atoms. The molecule has 11 N–H and O–H groups in total. The van der Waals surface area contributed by atoms with E-state index in [4.69, 9.17) is 29.4 Å². The Bertz CT molecular complexity index is 1620. The molecule has 1 saturated heterocycles. The number of allylic oxidation sites excluding steroid dienone is 2. The Morgan fingerprint density at radius 1 is 1.16 bits per heavy atom. The van der Waals surface area contributed by atoms with Gasteiger partial charge in [-0.3, -0.25) is 4.99 Å². The van der Waals surface area contributed by atoms with Gasteiger partial charge in [-0.1, -0.05) is 31.1 Å². The van der Waals surface area contributed by atoms with Gasteiger partial charge in [-0.05, 0) is 57.8 Å². The first-order valence-corrected chi connectivity index (χ1v) is 20.1. The molecule has 9 unspecified atom stereocenters. The van der Waals surface area contributed by atoms with E-state index in [9.17, 15) is 45.3 Å². The van der Waals surface area contributed by atoms with Crippen LogP contribution < -0.4 is 16.0 Å². The first kappa shape index (κ1) is 45.4. The van der Waals surface area contributed by atoms with E-state index in [1.165, 1.54) is 12.3 Å². The van der Waals surface area contributed by atoms with Crippen LogP contribution in [0.2, 0.25) is 0 Å². The Morgan fingerprint density at radius 2 is 1.90 bits per heavy atom. The van der Waals surface area contributed by atoms with Gasteiger partial charge in [-0.2, -0.15) is 0 Å². The number of nitrogens with two attached hydrogens (primary N) is 1. The molecule has 0 radical (unpaired) electrons. The number of aliphatic carboxylic acids is 1. The number of aliphatic hydroxyl groups is 6. The predicted octanol–water partition coefficient (Wildman–Crippen LogP) is -1.17. The van der Waals surface area contributed by atoms with Gasteiger partial charge in [0.15, 0.2) is 18.4 Å². The van der Waals surface area contributed by atoms with E-state index in [1.54, 1.807) is 32.2 Å². The zero-order valence-corrected chi connectivity index (χ0v) is 33.2. The molecular weight excluding hydrogens is 760 g/mol. The van der Waals surface area contributed by atoms with Crippen LogP contribution >= 0.6 is 0 Å². The van der Waals surface area contributed by atoms with Crippen molar-refractivity contribution in [1.29, 1.82) is 0 Å². The van der Waals surface area contributed by atoms with Gasteiger partial charge in [0.25, 0.3) is 0 Å². The number of carboxylic acids is 1. The van der Waals surface area contributed by atoms with Crippen molar-refractivity contribution in [2.45, 2.75) is 114 Å². The maximum atomic E-state index is 14.1. The van der Waals surface area contributed by atoms with Crippen LogP contribution in [0.3, 0.4) is 0 Å². The lowest BCUT2D eigenvalue weighted by Gasteiger charge is -2.48. The highest BCUT2D eigenvalue weighted by Gasteiger charge is 2.57. The maximum Gasteiger partial charge on any atom is 0.339 e. The standard InChI is InChI=1S/C40H60N4O14/c1-4-26-27(9-8-24-19-44(15-17-46)20-28(34(49)50)31(24)43-38(41)42-14-7-16-45)29(35(51)56-25-10-13-39(18-25)11-5-6-12-39)22-54-36(26)58-37-33(55-23(2)3)40(52,53)32(48)30(21-47)57-37/h4,8-9,19,22-23,25-27,30,32-33,36-37,45-48,52-53H,1,5-7,10-18,20-21H2,2-3H3,(H,49,50)(H3,41,42,43)/p+1. The molecule has 2 aliphatic carbocycles. The number of carbonyl (C=O) groups excluding carboxylic acids is 1. The van der Waals surface area contributed by atoms with E-state index in [2.05, 4.69) is 16.9 Å². The van der Waals surface area contributed by atoms with Crippen molar-refractivity contribution in [2.24, 2.45) is 28.0 Å². The van der Waals surface area contributed by atoms with Crippen molar-refractivity contribution in [2.75, 3.05) is 39.5 Å². The molecule has 324 valence electrons. The third-order valence-electron chi connectivity index (χ3n) is 11.5. The van der Waals surface area contributed by atoms with Crippen LogP contribution in [0.1, 0.15) is 65.2 Å². The Morgan fingerprint density at radius 3 is 2.53 bits per heavy atom. The van der Waals surface area contributed by atoms with E-state index in [-0.39, 0.29) is 67.2 Å². The van der Waals surface area contributed by atoms with Crippen LogP contribution in [0.5, 0.6) is 0 Å². The summed E-state index contributed by atoms with van der Waals surface area (Å²) < 4.78 is 29.9. The minimum atomic E-state index is -2.92. The number of nitrogens with zero attached hydrogens (tertiary/aromatic N) is 1. The summed E-state index contributed by atoms with van der Waals surface area (Å²) in [6.45, 7) is 6.50. The van der Waals surface area contributed by atoms with Crippen molar-refractivity contribution in [1.82, 2.24) is 5.32 Å². The summed E-state index contributed by atoms with van der Waals surface area (Å²) in [4.78, 5) is 31.5. The van der Waals surface area contributed by atoms with Gasteiger partial charge in [0.1, 0.15) is 43.2 Å². The van der Waals surface area contributed by atoms with E-state index in [1.807, 2.05) is 0 Å². The first-order chi connectivity index (χ1) is 27.7. The second-order valence-corrected chi connectivity index (χ2v) is 16.0. The van der Waals surface area contributed by atoms with Crippen molar-refractivity contribution >= 4 is 17.9 Å². The molecular formula is C40H61N4O14+. The summed E-state index contributed by atoms with van der Waals surface area (Å²) >= 11 is 0. The highest BCUT2D eigenvalue weighted by atomic mass is 16.8. The van der Waals surface area contributed by atoms with Crippen LogP contribution in [-0.4, -0.2) is 142 Å². The molecule has 3 fully saturated rings. The van der Waals surface area contributed by atoms with E-state index in [0.29, 0.717) is 16.9 Å². The number of aliphatic imine (C=N–C) groups is 1. The topological polar surface area (TPSA) is 277 Å². The van der Waals surface area contributed by atoms with Crippen LogP contribution in [0.25, 0.3) is 0 Å². The Kier molecular flexibility index (Phi) is 15.7. The molecule has 2 saturated carbocycles. The molecule has 3 heterocycles. The Labute approximate surface area is 337 Å². The number of aliphatic hydroxyl groups excluding tert-OH is 4. The molecule has 9 atom stereocenters. The average Bonchev–Trinajstić information content (AvgIpc) is 3.82. The lowest BCUT2D eigenvalue weighted by Crippen LogP contribution is -3.09. The van der Waals surface area contributed by atoms with Crippen LogP contribution in [0, 0.1) is 17.3 Å². The molecule has 0 aromatic rings. The number of nitrogens with one attached hydrogen (secondary N) is 2. The molecule has 5 rings (SSSR count). The van der Waals surface area contributed by atoms with Gasteiger partial charge in [0.2, 0.25) is 12.1 Å². The van der Waals surface area contributed by atoms with Gasteiger partial charge in [0, 0.05) is 19.1 Å². The fraction of sp³-hybridized carbons (Fsp3) is 0.675. The van der Waals surface area contributed by atoms with E-state index in [0.717, 1.165) is 44.9 Å². The molecule has 0 aromatic heterocycles. The summed E-state index contributed by atoms with van der Waals surface area (Å²) in [5.41, 5.74) is 6.86. The molecule has 18 heteroatoms. The van der Waals surface area contributed by atoms with E-state index >= 15 is 0 Å². The molecule has 58 heavy (non-hydrogen) atoms. The molecule has 18 nitrogen and oxygen atoms in total. The fourth-order valence-corrected chi connectivity index (χ4v) is 8.58. The van der Waals surface area contributed by atoms with Crippen molar-refractivity contribution < 1.29 is 73.9 Å². The smallest absolute Gasteiger partial charge is 0.339 e. The van der Waals surface area contributed by atoms with Gasteiger partial charge < -0.3 is 75.4 Å². The number of carbonyl (C=O) groups is 2. The van der Waals surface area contributed by atoms with Crippen LogP contribution in [0.15, 0.2) is 64.7 Å². The largest absolute Gasteiger partial charge is 0.478 e.